The Morgan fingerprint density at radius 1 is 0.897 bits per heavy atom. The Kier molecular flexibility index (Phi) is 12.9. The maximum absolute atomic E-state index is 12.2. The summed E-state index contributed by atoms with van der Waals surface area (Å²) >= 11 is 0. The van der Waals surface area contributed by atoms with Gasteiger partial charge >= 0.3 is 0 Å². The quantitative estimate of drug-likeness (QED) is 0.486. The second-order valence-electron chi connectivity index (χ2n) is 7.39. The Hall–Kier alpha value is -1.40. The van der Waals surface area contributed by atoms with Gasteiger partial charge in [-0.25, -0.2) is 4.98 Å². The first-order chi connectivity index (χ1) is 13.3. The van der Waals surface area contributed by atoms with E-state index in [0.29, 0.717) is 12.2 Å². The molecular formula is C22H34Cl2N4O. The van der Waals surface area contributed by atoms with Gasteiger partial charge in [0.1, 0.15) is 5.69 Å². The molecule has 0 saturated heterocycles. The minimum atomic E-state index is -0.0922. The lowest BCUT2D eigenvalue weighted by molar-refractivity contribution is 0.0948. The molecule has 0 bridgehead atoms. The van der Waals surface area contributed by atoms with Crippen molar-refractivity contribution in [2.45, 2.75) is 51.0 Å². The summed E-state index contributed by atoms with van der Waals surface area (Å²) in [6.07, 6.45) is 8.88. The SMILES string of the molecule is Cl.Cl.O=C(NCCCCNCCNC1CCCCC1)c1ccc2ccccc2n1. The number of nitrogens with one attached hydrogen (secondary N) is 3. The number of hydrogen-bond donors (Lipinski definition) is 3. The highest BCUT2D eigenvalue weighted by Crippen LogP contribution is 2.16. The largest absolute Gasteiger partial charge is 0.351 e. The first-order valence-corrected chi connectivity index (χ1v) is 10.4. The number of aromatic nitrogens is 1. The number of hydrogen-bond acceptors (Lipinski definition) is 4. The van der Waals surface area contributed by atoms with Crippen molar-refractivity contribution in [3.05, 3.63) is 42.1 Å². The molecular weight excluding hydrogens is 407 g/mol. The maximum Gasteiger partial charge on any atom is 0.269 e. The van der Waals surface area contributed by atoms with Crippen molar-refractivity contribution < 1.29 is 4.79 Å². The number of fused-ring (bicyclic) bond motifs is 1. The van der Waals surface area contributed by atoms with Gasteiger partial charge in [0, 0.05) is 31.1 Å². The van der Waals surface area contributed by atoms with Crippen LogP contribution in [0.25, 0.3) is 10.9 Å². The van der Waals surface area contributed by atoms with E-state index in [2.05, 4.69) is 20.9 Å². The lowest BCUT2D eigenvalue weighted by atomic mass is 9.95. The molecule has 1 heterocycles. The smallest absolute Gasteiger partial charge is 0.269 e. The third-order valence-electron chi connectivity index (χ3n) is 5.24. The summed E-state index contributed by atoms with van der Waals surface area (Å²) in [5, 5.41) is 11.1. The molecule has 1 aliphatic rings. The van der Waals surface area contributed by atoms with Crippen molar-refractivity contribution in [3.63, 3.8) is 0 Å². The number of rotatable bonds is 10. The van der Waals surface area contributed by atoms with Gasteiger partial charge < -0.3 is 16.0 Å². The highest BCUT2D eigenvalue weighted by atomic mass is 35.5. The van der Waals surface area contributed by atoms with Gasteiger partial charge in [-0.2, -0.15) is 0 Å². The normalized spacial score (nSPS) is 14.1. The Bertz CT molecular complexity index is 723. The van der Waals surface area contributed by atoms with Crippen molar-refractivity contribution in [2.24, 2.45) is 0 Å². The van der Waals surface area contributed by atoms with Gasteiger partial charge in [-0.05, 0) is 44.4 Å². The summed E-state index contributed by atoms with van der Waals surface area (Å²) in [5.74, 6) is -0.0922. The number of carbonyl (C=O) groups is 1. The number of unbranched alkanes of at least 4 members (excludes halogenated alkanes) is 1. The highest BCUT2D eigenvalue weighted by Gasteiger charge is 2.11. The van der Waals surface area contributed by atoms with E-state index < -0.39 is 0 Å². The lowest BCUT2D eigenvalue weighted by Gasteiger charge is -2.22. The van der Waals surface area contributed by atoms with Crippen LogP contribution in [0.5, 0.6) is 0 Å². The molecule has 1 saturated carbocycles. The van der Waals surface area contributed by atoms with Gasteiger partial charge in [0.05, 0.1) is 5.52 Å². The third kappa shape index (κ3) is 8.87. The molecule has 5 nitrogen and oxygen atoms in total. The van der Waals surface area contributed by atoms with Gasteiger partial charge in [0.15, 0.2) is 0 Å². The van der Waals surface area contributed by atoms with Gasteiger partial charge in [0.2, 0.25) is 0 Å². The fourth-order valence-electron chi connectivity index (χ4n) is 3.66. The predicted molar refractivity (Wildman–Crippen MR) is 126 cm³/mol. The second-order valence-corrected chi connectivity index (χ2v) is 7.39. The Morgan fingerprint density at radius 3 is 2.48 bits per heavy atom. The van der Waals surface area contributed by atoms with E-state index in [1.54, 1.807) is 6.07 Å². The third-order valence-corrected chi connectivity index (χ3v) is 5.24. The van der Waals surface area contributed by atoms with Crippen molar-refractivity contribution >= 4 is 41.6 Å². The summed E-state index contributed by atoms with van der Waals surface area (Å²) < 4.78 is 0. The summed E-state index contributed by atoms with van der Waals surface area (Å²) in [5.41, 5.74) is 1.34. The molecule has 1 fully saturated rings. The molecule has 3 N–H and O–H groups in total. The van der Waals surface area contributed by atoms with Gasteiger partial charge in [-0.3, -0.25) is 4.79 Å². The van der Waals surface area contributed by atoms with E-state index >= 15 is 0 Å². The fourth-order valence-corrected chi connectivity index (χ4v) is 3.66. The van der Waals surface area contributed by atoms with Crippen molar-refractivity contribution in [1.29, 1.82) is 0 Å². The Balaban J connectivity index is 0.00000210. The molecule has 162 valence electrons. The topological polar surface area (TPSA) is 66.1 Å². The van der Waals surface area contributed by atoms with Crippen LogP contribution in [-0.2, 0) is 0 Å². The molecule has 1 amide bonds. The summed E-state index contributed by atoms with van der Waals surface area (Å²) in [6.45, 7) is 3.75. The summed E-state index contributed by atoms with van der Waals surface area (Å²) in [6, 6.07) is 12.3. The van der Waals surface area contributed by atoms with Crippen LogP contribution in [0.3, 0.4) is 0 Å². The van der Waals surface area contributed by atoms with Crippen LogP contribution in [-0.4, -0.2) is 43.1 Å². The van der Waals surface area contributed by atoms with Gasteiger partial charge in [-0.1, -0.05) is 43.5 Å². The molecule has 1 aromatic carbocycles. The zero-order valence-electron chi connectivity index (χ0n) is 17.0. The number of para-hydroxylation sites is 1. The van der Waals surface area contributed by atoms with Crippen LogP contribution in [0.15, 0.2) is 36.4 Å². The molecule has 3 rings (SSSR count). The van der Waals surface area contributed by atoms with E-state index in [1.165, 1.54) is 32.1 Å². The molecule has 2 aromatic rings. The number of nitrogens with zero attached hydrogens (tertiary/aromatic N) is 1. The molecule has 7 heteroatoms. The van der Waals surface area contributed by atoms with E-state index in [4.69, 9.17) is 0 Å². The molecule has 1 aromatic heterocycles. The predicted octanol–water partition coefficient (Wildman–Crippen LogP) is 4.10. The molecule has 0 atom stereocenters. The minimum Gasteiger partial charge on any atom is -0.351 e. The van der Waals surface area contributed by atoms with Crippen molar-refractivity contribution in [1.82, 2.24) is 20.9 Å². The number of amides is 1. The van der Waals surface area contributed by atoms with Crippen molar-refractivity contribution in [3.8, 4) is 0 Å². The van der Waals surface area contributed by atoms with Crippen molar-refractivity contribution in [2.75, 3.05) is 26.2 Å². The average molecular weight is 441 g/mol. The van der Waals surface area contributed by atoms with E-state index in [9.17, 15) is 4.79 Å². The zero-order valence-corrected chi connectivity index (χ0v) is 18.6. The van der Waals surface area contributed by atoms with E-state index in [-0.39, 0.29) is 30.7 Å². The molecule has 29 heavy (non-hydrogen) atoms. The molecule has 0 spiro atoms. The van der Waals surface area contributed by atoms with Crippen LogP contribution < -0.4 is 16.0 Å². The summed E-state index contributed by atoms with van der Waals surface area (Å²) in [4.78, 5) is 16.6. The molecule has 0 unspecified atom stereocenters. The first kappa shape index (κ1) is 25.6. The second kappa shape index (κ2) is 14.6. The Labute approximate surface area is 186 Å². The average Bonchev–Trinajstić information content (AvgIpc) is 2.72. The van der Waals surface area contributed by atoms with Gasteiger partial charge in [-0.15, -0.1) is 24.8 Å². The number of benzene rings is 1. The molecule has 1 aliphatic carbocycles. The maximum atomic E-state index is 12.2. The number of carbonyl (C=O) groups excluding carboxylic acids is 1. The van der Waals surface area contributed by atoms with E-state index in [1.807, 2.05) is 30.3 Å². The van der Waals surface area contributed by atoms with Crippen LogP contribution in [0.2, 0.25) is 0 Å². The zero-order chi connectivity index (χ0) is 18.7. The minimum absolute atomic E-state index is 0. The van der Waals surface area contributed by atoms with Crippen LogP contribution in [0.1, 0.15) is 55.4 Å². The summed E-state index contributed by atoms with van der Waals surface area (Å²) in [7, 11) is 0. The first-order valence-electron chi connectivity index (χ1n) is 10.4. The number of pyridine rings is 1. The fraction of sp³-hybridized carbons (Fsp3) is 0.545. The standard InChI is InChI=1S/C22H32N4O.2ClH/c27-22(21-13-12-18-8-4-5-11-20(18)26-21)25-15-7-6-14-23-16-17-24-19-9-2-1-3-10-19;;/h4-5,8,11-13,19,23-24H,1-3,6-7,9-10,14-17H2,(H,25,27);2*1H. The molecule has 0 aliphatic heterocycles. The van der Waals surface area contributed by atoms with Crippen LogP contribution in [0, 0.1) is 0 Å². The lowest BCUT2D eigenvalue weighted by Crippen LogP contribution is -2.36. The number of halogens is 2. The highest BCUT2D eigenvalue weighted by molar-refractivity contribution is 5.94. The van der Waals surface area contributed by atoms with Crippen LogP contribution >= 0.6 is 24.8 Å². The Morgan fingerprint density at radius 2 is 1.66 bits per heavy atom. The van der Waals surface area contributed by atoms with Gasteiger partial charge in [0.25, 0.3) is 5.91 Å². The van der Waals surface area contributed by atoms with Crippen LogP contribution in [0.4, 0.5) is 0 Å². The van der Waals surface area contributed by atoms with E-state index in [0.717, 1.165) is 49.4 Å². The monoisotopic (exact) mass is 440 g/mol. The molecule has 0 radical (unpaired) electrons.